The van der Waals surface area contributed by atoms with Crippen LogP contribution in [0.25, 0.3) is 0 Å². The number of aromatic nitrogens is 1. The van der Waals surface area contributed by atoms with Gasteiger partial charge in [-0.3, -0.25) is 4.79 Å². The first-order valence-electron chi connectivity index (χ1n) is 3.52. The summed E-state index contributed by atoms with van der Waals surface area (Å²) in [6.45, 7) is 0.661. The minimum atomic E-state index is 0.0187. The van der Waals surface area contributed by atoms with Crippen LogP contribution in [0.3, 0.4) is 0 Å². The molecule has 12 heavy (non-hydrogen) atoms. The molecular formula is C7H9BrN2OS. The van der Waals surface area contributed by atoms with Gasteiger partial charge >= 0.3 is 0 Å². The first kappa shape index (κ1) is 9.67. The van der Waals surface area contributed by atoms with Gasteiger partial charge < -0.3 is 5.32 Å². The summed E-state index contributed by atoms with van der Waals surface area (Å²) in [5.41, 5.74) is 2.83. The Morgan fingerprint density at radius 2 is 2.58 bits per heavy atom. The van der Waals surface area contributed by atoms with Gasteiger partial charge in [0.25, 0.3) is 0 Å². The SMILES string of the molecule is O=C(CBr)NCCc1cscn1. The lowest BCUT2D eigenvalue weighted by Gasteiger charge is -1.99. The number of nitrogens with zero attached hydrogens (tertiary/aromatic N) is 1. The average molecular weight is 249 g/mol. The van der Waals surface area contributed by atoms with Crippen LogP contribution in [0.2, 0.25) is 0 Å². The van der Waals surface area contributed by atoms with Crippen molar-refractivity contribution in [3.8, 4) is 0 Å². The largest absolute Gasteiger partial charge is 0.355 e. The third-order valence-electron chi connectivity index (χ3n) is 1.31. The maximum Gasteiger partial charge on any atom is 0.230 e. The second-order valence-electron chi connectivity index (χ2n) is 2.21. The van der Waals surface area contributed by atoms with Crippen LogP contribution in [-0.4, -0.2) is 22.8 Å². The monoisotopic (exact) mass is 248 g/mol. The average Bonchev–Trinajstić information content (AvgIpc) is 2.57. The van der Waals surface area contributed by atoms with Crippen LogP contribution >= 0.6 is 27.3 Å². The summed E-state index contributed by atoms with van der Waals surface area (Å²) in [4.78, 5) is 14.9. The van der Waals surface area contributed by atoms with E-state index >= 15 is 0 Å². The molecule has 0 aliphatic heterocycles. The summed E-state index contributed by atoms with van der Waals surface area (Å²) in [5, 5.41) is 5.10. The quantitative estimate of drug-likeness (QED) is 0.814. The Balaban J connectivity index is 2.15. The summed E-state index contributed by atoms with van der Waals surface area (Å²) in [7, 11) is 0. The van der Waals surface area contributed by atoms with Crippen LogP contribution < -0.4 is 5.32 Å². The zero-order valence-electron chi connectivity index (χ0n) is 6.42. The number of rotatable bonds is 4. The van der Waals surface area contributed by atoms with E-state index in [-0.39, 0.29) is 5.91 Å². The second kappa shape index (κ2) is 5.27. The number of amides is 1. The molecule has 1 amide bonds. The fourth-order valence-corrected chi connectivity index (χ4v) is 1.53. The van der Waals surface area contributed by atoms with E-state index in [0.29, 0.717) is 11.9 Å². The Morgan fingerprint density at radius 3 is 3.17 bits per heavy atom. The highest BCUT2D eigenvalue weighted by Crippen LogP contribution is 2.00. The molecule has 0 fully saturated rings. The fourth-order valence-electron chi connectivity index (χ4n) is 0.738. The van der Waals surface area contributed by atoms with Gasteiger partial charge in [-0.25, -0.2) is 4.98 Å². The summed E-state index contributed by atoms with van der Waals surface area (Å²) >= 11 is 4.64. The lowest BCUT2D eigenvalue weighted by molar-refractivity contribution is -0.118. The summed E-state index contributed by atoms with van der Waals surface area (Å²) in [5.74, 6) is 0.0187. The fraction of sp³-hybridized carbons (Fsp3) is 0.429. The summed E-state index contributed by atoms with van der Waals surface area (Å²) < 4.78 is 0. The molecular weight excluding hydrogens is 240 g/mol. The number of hydrogen-bond acceptors (Lipinski definition) is 3. The van der Waals surface area contributed by atoms with Gasteiger partial charge in [-0.2, -0.15) is 0 Å². The maximum atomic E-state index is 10.8. The molecule has 0 aliphatic rings. The van der Waals surface area contributed by atoms with Crippen molar-refractivity contribution in [2.75, 3.05) is 11.9 Å². The van der Waals surface area contributed by atoms with Gasteiger partial charge in [0.2, 0.25) is 5.91 Å². The molecule has 0 saturated carbocycles. The smallest absolute Gasteiger partial charge is 0.230 e. The van der Waals surface area contributed by atoms with E-state index in [9.17, 15) is 4.79 Å². The van der Waals surface area contributed by atoms with Crippen LogP contribution in [0.4, 0.5) is 0 Å². The van der Waals surface area contributed by atoms with Gasteiger partial charge in [0.15, 0.2) is 0 Å². The first-order valence-corrected chi connectivity index (χ1v) is 5.59. The molecule has 1 heterocycles. The van der Waals surface area contributed by atoms with Crippen LogP contribution in [0, 0.1) is 0 Å². The Morgan fingerprint density at radius 1 is 1.75 bits per heavy atom. The van der Waals surface area contributed by atoms with Crippen molar-refractivity contribution >= 4 is 33.2 Å². The third kappa shape index (κ3) is 3.32. The predicted molar refractivity (Wildman–Crippen MR) is 52.6 cm³/mol. The third-order valence-corrected chi connectivity index (χ3v) is 2.45. The Labute approximate surface area is 83.3 Å². The topological polar surface area (TPSA) is 42.0 Å². The zero-order chi connectivity index (χ0) is 8.81. The van der Waals surface area contributed by atoms with E-state index in [2.05, 4.69) is 26.2 Å². The van der Waals surface area contributed by atoms with Gasteiger partial charge in [-0.15, -0.1) is 11.3 Å². The van der Waals surface area contributed by atoms with E-state index in [1.165, 1.54) is 0 Å². The van der Waals surface area contributed by atoms with Crippen molar-refractivity contribution in [2.24, 2.45) is 0 Å². The van der Waals surface area contributed by atoms with Gasteiger partial charge in [0.1, 0.15) is 0 Å². The van der Waals surface area contributed by atoms with Crippen LogP contribution in [0.5, 0.6) is 0 Å². The molecule has 0 radical (unpaired) electrons. The molecule has 0 unspecified atom stereocenters. The first-order chi connectivity index (χ1) is 5.83. The summed E-state index contributed by atoms with van der Waals surface area (Å²) in [6, 6.07) is 0. The standard InChI is InChI=1S/C7H9BrN2OS/c8-3-7(11)9-2-1-6-4-12-5-10-6/h4-5H,1-3H2,(H,9,11). The van der Waals surface area contributed by atoms with Crippen LogP contribution in [-0.2, 0) is 11.2 Å². The predicted octanol–water partition coefficient (Wildman–Crippen LogP) is 1.20. The normalized spacial score (nSPS) is 9.75. The highest BCUT2D eigenvalue weighted by atomic mass is 79.9. The Hall–Kier alpha value is -0.420. The number of carbonyl (C=O) groups excluding carboxylic acids is 1. The number of alkyl halides is 1. The maximum absolute atomic E-state index is 10.8. The highest BCUT2D eigenvalue weighted by molar-refractivity contribution is 9.09. The molecule has 1 rings (SSSR count). The van der Waals surface area contributed by atoms with E-state index < -0.39 is 0 Å². The molecule has 1 aromatic heterocycles. The van der Waals surface area contributed by atoms with E-state index in [1.54, 1.807) is 16.8 Å². The molecule has 0 spiro atoms. The number of carbonyl (C=O) groups is 1. The molecule has 0 bridgehead atoms. The molecule has 1 N–H and O–H groups in total. The lowest BCUT2D eigenvalue weighted by atomic mass is 10.3. The van der Waals surface area contributed by atoms with E-state index in [0.717, 1.165) is 12.1 Å². The molecule has 3 nitrogen and oxygen atoms in total. The van der Waals surface area contributed by atoms with Crippen molar-refractivity contribution in [1.29, 1.82) is 0 Å². The number of halogens is 1. The molecule has 0 aliphatic carbocycles. The van der Waals surface area contributed by atoms with Crippen LogP contribution in [0.1, 0.15) is 5.69 Å². The molecule has 0 atom stereocenters. The molecule has 0 aromatic carbocycles. The molecule has 0 saturated heterocycles. The number of hydrogen-bond donors (Lipinski definition) is 1. The minimum Gasteiger partial charge on any atom is -0.355 e. The van der Waals surface area contributed by atoms with Gasteiger partial charge in [-0.05, 0) is 0 Å². The minimum absolute atomic E-state index is 0.0187. The van der Waals surface area contributed by atoms with E-state index in [1.807, 2.05) is 5.38 Å². The van der Waals surface area contributed by atoms with Crippen molar-refractivity contribution in [3.63, 3.8) is 0 Å². The molecule has 66 valence electrons. The van der Waals surface area contributed by atoms with E-state index in [4.69, 9.17) is 0 Å². The Bertz CT molecular complexity index is 238. The second-order valence-corrected chi connectivity index (χ2v) is 3.49. The van der Waals surface area contributed by atoms with Gasteiger partial charge in [0.05, 0.1) is 16.5 Å². The van der Waals surface area contributed by atoms with Crippen molar-refractivity contribution < 1.29 is 4.79 Å². The van der Waals surface area contributed by atoms with Crippen molar-refractivity contribution in [2.45, 2.75) is 6.42 Å². The molecule has 5 heteroatoms. The van der Waals surface area contributed by atoms with Crippen molar-refractivity contribution in [1.82, 2.24) is 10.3 Å². The van der Waals surface area contributed by atoms with Crippen molar-refractivity contribution in [3.05, 3.63) is 16.6 Å². The highest BCUT2D eigenvalue weighted by Gasteiger charge is 1.97. The Kier molecular flexibility index (Phi) is 4.24. The molecule has 1 aromatic rings. The van der Waals surface area contributed by atoms with Gasteiger partial charge in [-0.1, -0.05) is 15.9 Å². The number of thiazole rings is 1. The number of nitrogens with one attached hydrogen (secondary N) is 1. The van der Waals surface area contributed by atoms with Crippen LogP contribution in [0.15, 0.2) is 10.9 Å². The summed E-state index contributed by atoms with van der Waals surface area (Å²) in [6.07, 6.45) is 0.808. The zero-order valence-corrected chi connectivity index (χ0v) is 8.82. The van der Waals surface area contributed by atoms with Gasteiger partial charge in [0, 0.05) is 18.3 Å². The lowest BCUT2D eigenvalue weighted by Crippen LogP contribution is -2.26.